The van der Waals surface area contributed by atoms with Gasteiger partial charge in [-0.25, -0.2) is 17.8 Å². The Morgan fingerprint density at radius 3 is 2.21 bits per heavy atom. The molecule has 6 nitrogen and oxygen atoms in total. The first-order valence-corrected chi connectivity index (χ1v) is 11.0. The predicted molar refractivity (Wildman–Crippen MR) is 111 cm³/mol. The Morgan fingerprint density at radius 2 is 1.68 bits per heavy atom. The number of nitrogens with one attached hydrogen (secondary N) is 1. The molecule has 2 aromatic carbocycles. The number of aryl methyl sites for hydroxylation is 1. The van der Waals surface area contributed by atoms with Gasteiger partial charge >= 0.3 is 0 Å². The molecule has 0 radical (unpaired) electrons. The van der Waals surface area contributed by atoms with Crippen molar-refractivity contribution in [3.05, 3.63) is 75.5 Å². The molecule has 0 atom stereocenters. The lowest BCUT2D eigenvalue weighted by Gasteiger charge is -2.09. The van der Waals surface area contributed by atoms with Crippen LogP contribution in [0.2, 0.25) is 0 Å². The number of amides is 1. The Labute approximate surface area is 172 Å². The second kappa shape index (κ2) is 7.89. The summed E-state index contributed by atoms with van der Waals surface area (Å²) in [5, 5.41) is 4.55. The molecule has 28 heavy (non-hydrogen) atoms. The van der Waals surface area contributed by atoms with Gasteiger partial charge in [0.25, 0.3) is 15.9 Å². The fourth-order valence-electron chi connectivity index (χ4n) is 3.05. The van der Waals surface area contributed by atoms with Crippen molar-refractivity contribution in [1.82, 2.24) is 14.5 Å². The average Bonchev–Trinajstić information content (AvgIpc) is 2.95. The molecular formula is C20H20BrN3O3S. The first kappa shape index (κ1) is 20.3. The molecule has 0 aliphatic rings. The van der Waals surface area contributed by atoms with E-state index in [-0.39, 0.29) is 10.5 Å². The molecule has 0 unspecified atom stereocenters. The van der Waals surface area contributed by atoms with Gasteiger partial charge in [0.15, 0.2) is 0 Å². The number of nitrogens with zero attached hydrogens (tertiary/aromatic N) is 2. The number of sulfonamides is 1. The zero-order valence-corrected chi connectivity index (χ0v) is 18.1. The molecule has 0 fully saturated rings. The molecule has 3 aromatic rings. The molecular weight excluding hydrogens is 442 g/mol. The number of hydrogen-bond acceptors (Lipinski definition) is 4. The van der Waals surface area contributed by atoms with Crippen LogP contribution in [0.25, 0.3) is 5.69 Å². The normalized spacial score (nSPS) is 11.4. The van der Waals surface area contributed by atoms with Crippen LogP contribution in [0.1, 0.15) is 34.2 Å². The molecule has 1 amide bonds. The zero-order valence-electron chi connectivity index (χ0n) is 15.7. The van der Waals surface area contributed by atoms with E-state index in [1.54, 1.807) is 36.4 Å². The highest BCUT2D eigenvalue weighted by Gasteiger charge is 2.19. The standard InChI is InChI=1S/C20H20BrN3O3S/c1-4-19-13(2)22-24(14(19)3)17-9-5-15(6-10-17)20(25)23-28(26,27)18-11-7-16(21)8-12-18/h5-12H,4H2,1-3H3,(H,23,25). The second-order valence-corrected chi connectivity index (χ2v) is 8.95. The van der Waals surface area contributed by atoms with E-state index in [2.05, 4.69) is 32.7 Å². The lowest BCUT2D eigenvalue weighted by atomic mass is 10.1. The fourth-order valence-corrected chi connectivity index (χ4v) is 4.28. The first-order chi connectivity index (χ1) is 13.2. The molecule has 0 saturated carbocycles. The van der Waals surface area contributed by atoms with Gasteiger partial charge in [0, 0.05) is 15.7 Å². The number of carbonyl (C=O) groups excluding carboxylic acids is 1. The van der Waals surface area contributed by atoms with Crippen molar-refractivity contribution in [2.24, 2.45) is 0 Å². The third-order valence-corrected chi connectivity index (χ3v) is 6.40. The Morgan fingerprint density at radius 1 is 1.07 bits per heavy atom. The average molecular weight is 462 g/mol. The topological polar surface area (TPSA) is 81.1 Å². The van der Waals surface area contributed by atoms with Crippen molar-refractivity contribution in [3.63, 3.8) is 0 Å². The smallest absolute Gasteiger partial charge is 0.264 e. The highest BCUT2D eigenvalue weighted by atomic mass is 79.9. The summed E-state index contributed by atoms with van der Waals surface area (Å²) in [5.74, 6) is -0.683. The Bertz CT molecular complexity index is 1120. The van der Waals surface area contributed by atoms with Crippen LogP contribution in [0.3, 0.4) is 0 Å². The van der Waals surface area contributed by atoms with Crippen molar-refractivity contribution in [1.29, 1.82) is 0 Å². The van der Waals surface area contributed by atoms with Crippen molar-refractivity contribution in [2.75, 3.05) is 0 Å². The maximum atomic E-state index is 12.4. The van der Waals surface area contributed by atoms with E-state index in [0.717, 1.165) is 28.0 Å². The summed E-state index contributed by atoms with van der Waals surface area (Å²) in [6.45, 7) is 6.06. The van der Waals surface area contributed by atoms with E-state index in [1.807, 2.05) is 18.5 Å². The highest BCUT2D eigenvalue weighted by molar-refractivity contribution is 9.10. The lowest BCUT2D eigenvalue weighted by molar-refractivity contribution is 0.0981. The Kier molecular flexibility index (Phi) is 5.71. The molecule has 0 saturated heterocycles. The maximum Gasteiger partial charge on any atom is 0.264 e. The molecule has 0 aliphatic carbocycles. The minimum absolute atomic E-state index is 0.0235. The first-order valence-electron chi connectivity index (χ1n) is 8.71. The minimum atomic E-state index is -3.94. The summed E-state index contributed by atoms with van der Waals surface area (Å²) in [7, 11) is -3.94. The van der Waals surface area contributed by atoms with Crippen molar-refractivity contribution in [2.45, 2.75) is 32.1 Å². The maximum absolute atomic E-state index is 12.4. The molecule has 1 aromatic heterocycles. The quantitative estimate of drug-likeness (QED) is 0.623. The molecule has 1 N–H and O–H groups in total. The highest BCUT2D eigenvalue weighted by Crippen LogP contribution is 2.19. The monoisotopic (exact) mass is 461 g/mol. The zero-order chi connectivity index (χ0) is 20.5. The van der Waals surface area contributed by atoms with Crippen LogP contribution in [0.4, 0.5) is 0 Å². The van der Waals surface area contributed by atoms with Gasteiger partial charge in [0.1, 0.15) is 0 Å². The third kappa shape index (κ3) is 4.02. The third-order valence-electron chi connectivity index (χ3n) is 4.52. The van der Waals surface area contributed by atoms with Crippen LogP contribution in [0.15, 0.2) is 57.9 Å². The van der Waals surface area contributed by atoms with Crippen LogP contribution in [-0.4, -0.2) is 24.1 Å². The van der Waals surface area contributed by atoms with Gasteiger partial charge in [-0.15, -0.1) is 0 Å². The number of rotatable bonds is 5. The van der Waals surface area contributed by atoms with Crippen LogP contribution in [0, 0.1) is 13.8 Å². The van der Waals surface area contributed by atoms with Gasteiger partial charge in [-0.3, -0.25) is 4.79 Å². The summed E-state index contributed by atoms with van der Waals surface area (Å²) in [6.07, 6.45) is 0.895. The van der Waals surface area contributed by atoms with Gasteiger partial charge in [-0.2, -0.15) is 5.10 Å². The second-order valence-electron chi connectivity index (χ2n) is 6.35. The number of hydrogen-bond donors (Lipinski definition) is 1. The Hall–Kier alpha value is -2.45. The predicted octanol–water partition coefficient (Wildman–Crippen LogP) is 3.93. The fraction of sp³-hybridized carbons (Fsp3) is 0.200. The van der Waals surface area contributed by atoms with Gasteiger partial charge in [-0.05, 0) is 74.4 Å². The van der Waals surface area contributed by atoms with E-state index in [9.17, 15) is 13.2 Å². The number of carbonyl (C=O) groups is 1. The van der Waals surface area contributed by atoms with Crippen LogP contribution >= 0.6 is 15.9 Å². The SMILES string of the molecule is CCc1c(C)nn(-c2ccc(C(=O)NS(=O)(=O)c3ccc(Br)cc3)cc2)c1C. The number of halogens is 1. The summed E-state index contributed by atoms with van der Waals surface area (Å²) in [4.78, 5) is 12.4. The summed E-state index contributed by atoms with van der Waals surface area (Å²) < 4.78 is 29.4. The van der Waals surface area contributed by atoms with Crippen molar-refractivity contribution in [3.8, 4) is 5.69 Å². The lowest BCUT2D eigenvalue weighted by Crippen LogP contribution is -2.30. The van der Waals surface area contributed by atoms with Gasteiger partial charge in [0.2, 0.25) is 0 Å². The molecule has 146 valence electrons. The Balaban J connectivity index is 1.81. The summed E-state index contributed by atoms with van der Waals surface area (Å²) in [5.41, 5.74) is 4.29. The van der Waals surface area contributed by atoms with E-state index in [4.69, 9.17) is 0 Å². The number of aromatic nitrogens is 2. The summed E-state index contributed by atoms with van der Waals surface area (Å²) in [6, 6.07) is 12.7. The number of benzene rings is 2. The van der Waals surface area contributed by atoms with E-state index in [1.165, 1.54) is 17.7 Å². The van der Waals surface area contributed by atoms with Crippen molar-refractivity contribution < 1.29 is 13.2 Å². The molecule has 3 rings (SSSR count). The van der Waals surface area contributed by atoms with Gasteiger partial charge in [-0.1, -0.05) is 22.9 Å². The van der Waals surface area contributed by atoms with E-state index in [0.29, 0.717) is 0 Å². The minimum Gasteiger partial charge on any atom is -0.268 e. The molecule has 0 aliphatic heterocycles. The molecule has 8 heteroatoms. The van der Waals surface area contributed by atoms with Gasteiger partial charge < -0.3 is 0 Å². The molecule has 1 heterocycles. The van der Waals surface area contributed by atoms with Crippen LogP contribution < -0.4 is 4.72 Å². The van der Waals surface area contributed by atoms with Crippen molar-refractivity contribution >= 4 is 31.9 Å². The van der Waals surface area contributed by atoms with E-state index >= 15 is 0 Å². The molecule has 0 spiro atoms. The van der Waals surface area contributed by atoms with Crippen LogP contribution in [-0.2, 0) is 16.4 Å². The molecule has 0 bridgehead atoms. The van der Waals surface area contributed by atoms with E-state index < -0.39 is 15.9 Å². The van der Waals surface area contributed by atoms with Gasteiger partial charge in [0.05, 0.1) is 16.3 Å². The van der Waals surface area contributed by atoms with Crippen LogP contribution in [0.5, 0.6) is 0 Å². The summed E-state index contributed by atoms with van der Waals surface area (Å²) >= 11 is 3.25. The largest absolute Gasteiger partial charge is 0.268 e.